The van der Waals surface area contributed by atoms with Crippen molar-refractivity contribution >= 4 is 23.4 Å². The summed E-state index contributed by atoms with van der Waals surface area (Å²) < 4.78 is 19.0. The number of halogens is 2. The smallest absolute Gasteiger partial charge is 0.258 e. The Bertz CT molecular complexity index is 1020. The predicted molar refractivity (Wildman–Crippen MR) is 140 cm³/mol. The fraction of sp³-hybridized carbons (Fsp3) is 0.679. The molecule has 0 radical (unpaired) electrons. The highest BCUT2D eigenvalue weighted by atomic mass is 35.5. The van der Waals surface area contributed by atoms with Gasteiger partial charge in [0, 0.05) is 30.1 Å². The molecule has 3 aliphatic carbocycles. The lowest BCUT2D eigenvalue weighted by molar-refractivity contribution is -0.132. The summed E-state index contributed by atoms with van der Waals surface area (Å²) >= 11 is 5.69. The zero-order valence-corrected chi connectivity index (χ0v) is 22.4. The van der Waals surface area contributed by atoms with Crippen LogP contribution in [0.25, 0.3) is 0 Å². The third kappa shape index (κ3) is 6.74. The van der Waals surface area contributed by atoms with Crippen molar-refractivity contribution in [1.82, 2.24) is 15.5 Å². The van der Waals surface area contributed by atoms with Crippen molar-refractivity contribution in [3.8, 4) is 11.8 Å². The molecule has 2 atom stereocenters. The summed E-state index contributed by atoms with van der Waals surface area (Å²) in [6.07, 6.45) is 9.75. The maximum Gasteiger partial charge on any atom is 0.258 e. The molecule has 1 aliphatic heterocycles. The van der Waals surface area contributed by atoms with Crippen LogP contribution in [0.5, 0.6) is 5.75 Å². The Kier molecular flexibility index (Phi) is 8.97. The highest BCUT2D eigenvalue weighted by Gasteiger charge is 2.62. The van der Waals surface area contributed by atoms with Crippen LogP contribution in [0, 0.1) is 23.1 Å². The monoisotopic (exact) mass is 532 g/mol. The number of fused-ring (bicyclic) bond motifs is 1. The number of rotatable bonds is 12. The van der Waals surface area contributed by atoms with Gasteiger partial charge in [0.15, 0.2) is 6.61 Å². The van der Waals surface area contributed by atoms with Gasteiger partial charge in [0.1, 0.15) is 11.6 Å². The standard InChI is InChI=1S/C28H38ClFN4O3/c1-2-3-4-14-34-16-20(6-5-13-31)7-10-24(34)26(36)33-28-12-11-27(18-28,19-28)32-25(35)17-37-21-8-9-22(29)23(30)15-21/h8-9,15,20,24H,2-7,10-12,14,16-19H2,1H3,(H,32,35)(H,33,36). The molecule has 37 heavy (non-hydrogen) atoms. The maximum atomic E-state index is 13.6. The molecule has 1 aromatic carbocycles. The summed E-state index contributed by atoms with van der Waals surface area (Å²) in [5.41, 5.74) is -0.563. The van der Waals surface area contributed by atoms with Gasteiger partial charge in [0.05, 0.1) is 17.1 Å². The number of unbranched alkanes of at least 4 members (excludes halogenated alkanes) is 2. The Balaban J connectivity index is 1.27. The summed E-state index contributed by atoms with van der Waals surface area (Å²) in [5.74, 6) is -0.0108. The molecule has 3 saturated carbocycles. The lowest BCUT2D eigenvalue weighted by Gasteiger charge is -2.49. The van der Waals surface area contributed by atoms with E-state index in [1.807, 2.05) is 0 Å². The first-order valence-corrected chi connectivity index (χ1v) is 14.0. The lowest BCUT2D eigenvalue weighted by Crippen LogP contribution is -2.66. The molecule has 0 aromatic heterocycles. The van der Waals surface area contributed by atoms with Crippen molar-refractivity contribution in [1.29, 1.82) is 5.26 Å². The van der Waals surface area contributed by atoms with Crippen LogP contribution in [0.2, 0.25) is 5.02 Å². The van der Waals surface area contributed by atoms with Crippen LogP contribution in [0.3, 0.4) is 0 Å². The molecule has 202 valence electrons. The van der Waals surface area contributed by atoms with E-state index in [0.717, 1.165) is 83.4 Å². The summed E-state index contributed by atoms with van der Waals surface area (Å²) in [4.78, 5) is 28.3. The second-order valence-corrected chi connectivity index (χ2v) is 11.6. The number of hydrogen-bond donors (Lipinski definition) is 2. The molecule has 4 aliphatic rings. The van der Waals surface area contributed by atoms with Crippen molar-refractivity contribution in [3.05, 3.63) is 29.0 Å². The van der Waals surface area contributed by atoms with E-state index in [1.165, 1.54) is 12.1 Å². The third-order valence-electron chi connectivity index (χ3n) is 8.29. The average molecular weight is 533 g/mol. The third-order valence-corrected chi connectivity index (χ3v) is 8.59. The summed E-state index contributed by atoms with van der Waals surface area (Å²) in [6.45, 7) is 3.78. The number of hydrogen-bond acceptors (Lipinski definition) is 5. The number of nitrogens with zero attached hydrogens (tertiary/aromatic N) is 2. The number of nitrogens with one attached hydrogen (secondary N) is 2. The van der Waals surface area contributed by atoms with Crippen LogP contribution in [0.15, 0.2) is 18.2 Å². The minimum Gasteiger partial charge on any atom is -0.484 e. The SMILES string of the molecule is CCCCCN1CC(CCC#N)CCC1C(=O)NC12CCC(NC(=O)COc3ccc(Cl)c(F)c3)(C1)C2. The van der Waals surface area contributed by atoms with Crippen LogP contribution >= 0.6 is 11.6 Å². The first-order valence-electron chi connectivity index (χ1n) is 13.6. The Morgan fingerprint density at radius 2 is 1.97 bits per heavy atom. The van der Waals surface area contributed by atoms with Gasteiger partial charge in [-0.25, -0.2) is 4.39 Å². The molecule has 0 spiro atoms. The molecule has 1 aromatic rings. The molecular formula is C28H38ClFN4O3. The number of likely N-dealkylation sites (tertiary alicyclic amines) is 1. The first-order chi connectivity index (χ1) is 17.8. The summed E-state index contributed by atoms with van der Waals surface area (Å²) in [5, 5.41) is 15.4. The Labute approximate surface area is 224 Å². The van der Waals surface area contributed by atoms with Crippen LogP contribution < -0.4 is 15.4 Å². The van der Waals surface area contributed by atoms with E-state index in [0.29, 0.717) is 12.3 Å². The van der Waals surface area contributed by atoms with Gasteiger partial charge in [-0.2, -0.15) is 5.26 Å². The quantitative estimate of drug-likeness (QED) is 0.379. The van der Waals surface area contributed by atoms with Crippen LogP contribution in [-0.2, 0) is 9.59 Å². The van der Waals surface area contributed by atoms with E-state index >= 15 is 0 Å². The molecule has 9 heteroatoms. The largest absolute Gasteiger partial charge is 0.484 e. The molecule has 1 saturated heterocycles. The maximum absolute atomic E-state index is 13.6. The normalized spacial score (nSPS) is 28.7. The van der Waals surface area contributed by atoms with E-state index < -0.39 is 5.82 Å². The fourth-order valence-corrected chi connectivity index (χ4v) is 6.63. The van der Waals surface area contributed by atoms with Gasteiger partial charge in [-0.05, 0) is 76.0 Å². The number of carbonyl (C=O) groups is 2. The highest BCUT2D eigenvalue weighted by molar-refractivity contribution is 6.30. The number of piperidine rings is 1. The number of nitriles is 1. The van der Waals surface area contributed by atoms with Gasteiger partial charge >= 0.3 is 0 Å². The van der Waals surface area contributed by atoms with E-state index in [4.69, 9.17) is 21.6 Å². The van der Waals surface area contributed by atoms with Crippen molar-refractivity contribution in [2.45, 2.75) is 94.7 Å². The Morgan fingerprint density at radius 3 is 2.68 bits per heavy atom. The Morgan fingerprint density at radius 1 is 1.22 bits per heavy atom. The average Bonchev–Trinajstić information content (AvgIpc) is 3.38. The van der Waals surface area contributed by atoms with Crippen molar-refractivity contribution in [2.24, 2.45) is 5.92 Å². The van der Waals surface area contributed by atoms with Crippen LogP contribution in [0.4, 0.5) is 4.39 Å². The summed E-state index contributed by atoms with van der Waals surface area (Å²) in [7, 11) is 0. The highest BCUT2D eigenvalue weighted by Crippen LogP contribution is 2.55. The van der Waals surface area contributed by atoms with E-state index in [1.54, 1.807) is 0 Å². The van der Waals surface area contributed by atoms with Gasteiger partial charge in [-0.1, -0.05) is 31.4 Å². The van der Waals surface area contributed by atoms with E-state index in [2.05, 4.69) is 28.5 Å². The molecule has 5 rings (SSSR count). The molecule has 2 bridgehead atoms. The van der Waals surface area contributed by atoms with Crippen molar-refractivity contribution < 1.29 is 18.7 Å². The second-order valence-electron chi connectivity index (χ2n) is 11.2. The van der Waals surface area contributed by atoms with E-state index in [9.17, 15) is 14.0 Å². The van der Waals surface area contributed by atoms with Gasteiger partial charge in [-0.15, -0.1) is 0 Å². The number of amides is 2. The molecule has 4 fully saturated rings. The molecule has 7 nitrogen and oxygen atoms in total. The van der Waals surface area contributed by atoms with Gasteiger partial charge in [0.2, 0.25) is 5.91 Å². The predicted octanol–water partition coefficient (Wildman–Crippen LogP) is 4.73. The number of benzene rings is 1. The second kappa shape index (κ2) is 12.0. The lowest BCUT2D eigenvalue weighted by atomic mass is 9.70. The van der Waals surface area contributed by atoms with Crippen molar-refractivity contribution in [2.75, 3.05) is 19.7 Å². The minimum atomic E-state index is -0.590. The van der Waals surface area contributed by atoms with E-state index in [-0.39, 0.29) is 46.3 Å². The van der Waals surface area contributed by atoms with Crippen LogP contribution in [0.1, 0.15) is 77.6 Å². The van der Waals surface area contributed by atoms with Crippen LogP contribution in [-0.4, -0.2) is 53.5 Å². The molecule has 1 heterocycles. The van der Waals surface area contributed by atoms with Gasteiger partial charge in [-0.3, -0.25) is 14.5 Å². The fourth-order valence-electron chi connectivity index (χ4n) is 6.51. The molecule has 2 amide bonds. The van der Waals surface area contributed by atoms with Crippen molar-refractivity contribution in [3.63, 3.8) is 0 Å². The van der Waals surface area contributed by atoms with Gasteiger partial charge in [0.25, 0.3) is 5.91 Å². The summed E-state index contributed by atoms with van der Waals surface area (Å²) in [6, 6.07) is 6.22. The molecule has 2 unspecified atom stereocenters. The number of ether oxygens (including phenoxy) is 1. The zero-order chi connectivity index (χ0) is 26.5. The first kappa shape index (κ1) is 27.7. The van der Waals surface area contributed by atoms with Gasteiger partial charge < -0.3 is 15.4 Å². The Hall–Kier alpha value is -2.37. The number of carbonyl (C=O) groups excluding carboxylic acids is 2. The topological polar surface area (TPSA) is 94.5 Å². The molecular weight excluding hydrogens is 495 g/mol. The minimum absolute atomic E-state index is 0.00521. The molecule has 2 N–H and O–H groups in total. The zero-order valence-electron chi connectivity index (χ0n) is 21.7.